The second-order valence-electron chi connectivity index (χ2n) is 8.20. The number of fused-ring (bicyclic) bond motifs is 2. The zero-order valence-corrected chi connectivity index (χ0v) is 17.3. The predicted molar refractivity (Wildman–Crippen MR) is 126 cm³/mol. The summed E-state index contributed by atoms with van der Waals surface area (Å²) in [5, 5.41) is 1.19. The third-order valence-corrected chi connectivity index (χ3v) is 6.17. The van der Waals surface area contributed by atoms with Crippen molar-refractivity contribution in [1.82, 2.24) is 19.9 Å². The minimum absolute atomic E-state index is 0.667. The van der Waals surface area contributed by atoms with Gasteiger partial charge in [-0.15, -0.1) is 0 Å². The zero-order chi connectivity index (χ0) is 20.6. The highest BCUT2D eigenvalue weighted by atomic mass is 15.1. The van der Waals surface area contributed by atoms with Gasteiger partial charge >= 0.3 is 0 Å². The number of nitrogens with one attached hydrogen (secondary N) is 1. The minimum Gasteiger partial charge on any atom is -0.372 e. The van der Waals surface area contributed by atoms with E-state index in [1.54, 1.807) is 0 Å². The summed E-state index contributed by atoms with van der Waals surface area (Å²) in [7, 11) is 0. The Bertz CT molecular complexity index is 1360. The molecule has 0 atom stereocenters. The van der Waals surface area contributed by atoms with E-state index in [4.69, 9.17) is 4.98 Å². The van der Waals surface area contributed by atoms with Crippen molar-refractivity contribution in [1.29, 1.82) is 0 Å². The van der Waals surface area contributed by atoms with Gasteiger partial charge in [0, 0.05) is 47.8 Å². The molecule has 5 nitrogen and oxygen atoms in total. The number of H-pyrrole nitrogens is 1. The van der Waals surface area contributed by atoms with E-state index in [2.05, 4.69) is 74.4 Å². The van der Waals surface area contributed by atoms with E-state index in [1.165, 1.54) is 30.3 Å². The summed E-state index contributed by atoms with van der Waals surface area (Å²) in [6, 6.07) is 19.2. The normalized spacial score (nSPS) is 14.4. The summed E-state index contributed by atoms with van der Waals surface area (Å²) in [4.78, 5) is 19.7. The average Bonchev–Trinajstić information content (AvgIpc) is 3.32. The molecule has 1 N–H and O–H groups in total. The second-order valence-corrected chi connectivity index (χ2v) is 8.20. The molecule has 1 aliphatic heterocycles. The van der Waals surface area contributed by atoms with E-state index in [1.807, 2.05) is 18.6 Å². The smallest absolute Gasteiger partial charge is 0.178 e. The van der Waals surface area contributed by atoms with Crippen molar-refractivity contribution < 1.29 is 0 Å². The van der Waals surface area contributed by atoms with Crippen LogP contribution in [0.15, 0.2) is 73.2 Å². The molecule has 0 unspecified atom stereocenters. The van der Waals surface area contributed by atoms with Gasteiger partial charge in [0.15, 0.2) is 5.65 Å². The number of anilines is 1. The lowest BCUT2D eigenvalue weighted by Crippen LogP contribution is -2.29. The molecule has 1 aliphatic rings. The van der Waals surface area contributed by atoms with Gasteiger partial charge < -0.3 is 9.88 Å². The maximum Gasteiger partial charge on any atom is 0.178 e. The second kappa shape index (κ2) is 7.51. The van der Waals surface area contributed by atoms with Crippen molar-refractivity contribution in [2.75, 3.05) is 18.0 Å². The number of benzene rings is 2. The Hall–Kier alpha value is -3.73. The summed E-state index contributed by atoms with van der Waals surface area (Å²) in [5.41, 5.74) is 8.02. The molecule has 0 bridgehead atoms. The van der Waals surface area contributed by atoms with Gasteiger partial charge in [-0.3, -0.25) is 0 Å². The largest absolute Gasteiger partial charge is 0.372 e. The maximum atomic E-state index is 4.88. The van der Waals surface area contributed by atoms with Crippen LogP contribution in [-0.2, 0) is 0 Å². The van der Waals surface area contributed by atoms with E-state index >= 15 is 0 Å². The molecule has 5 heteroatoms. The molecule has 0 amide bonds. The van der Waals surface area contributed by atoms with Crippen LogP contribution < -0.4 is 4.90 Å². The van der Waals surface area contributed by atoms with Gasteiger partial charge in [-0.1, -0.05) is 18.2 Å². The molecule has 5 aromatic rings. The number of aromatic nitrogens is 4. The molecule has 0 aliphatic carbocycles. The number of aromatic amines is 1. The van der Waals surface area contributed by atoms with Crippen LogP contribution in [0.25, 0.3) is 44.5 Å². The molecular weight excluding hydrogens is 382 g/mol. The third-order valence-electron chi connectivity index (χ3n) is 6.17. The Morgan fingerprint density at radius 2 is 1.55 bits per heavy atom. The van der Waals surface area contributed by atoms with Crippen LogP contribution in [-0.4, -0.2) is 33.0 Å². The van der Waals surface area contributed by atoms with E-state index in [-0.39, 0.29) is 0 Å². The Labute approximate surface area is 180 Å². The van der Waals surface area contributed by atoms with Gasteiger partial charge in [-0.2, -0.15) is 0 Å². The van der Waals surface area contributed by atoms with Crippen molar-refractivity contribution in [3.63, 3.8) is 0 Å². The van der Waals surface area contributed by atoms with Crippen LogP contribution >= 0.6 is 0 Å². The van der Waals surface area contributed by atoms with Gasteiger partial charge in [0.05, 0.1) is 11.9 Å². The van der Waals surface area contributed by atoms with Crippen LogP contribution in [0.4, 0.5) is 5.69 Å². The Balaban J connectivity index is 1.33. The number of piperidine rings is 1. The summed E-state index contributed by atoms with van der Waals surface area (Å²) in [5.74, 6) is 0. The van der Waals surface area contributed by atoms with E-state index in [9.17, 15) is 0 Å². The topological polar surface area (TPSA) is 57.7 Å². The standard InChI is InChI=1S/C26H23N5/c1-2-12-31(13-3-1)22-7-4-18(5-8-22)25-17-29-26-24(30-25)15-21(16-28-26)19-6-9-23-20(14-19)10-11-27-23/h4-11,14-17,27H,1-3,12-13H2. The van der Waals surface area contributed by atoms with Crippen LogP contribution in [0.5, 0.6) is 0 Å². The lowest BCUT2D eigenvalue weighted by Gasteiger charge is -2.28. The summed E-state index contributed by atoms with van der Waals surface area (Å²) in [6.45, 7) is 2.30. The van der Waals surface area contributed by atoms with Crippen molar-refractivity contribution in [2.24, 2.45) is 0 Å². The highest BCUT2D eigenvalue weighted by Crippen LogP contribution is 2.27. The molecule has 0 radical (unpaired) electrons. The molecule has 4 heterocycles. The zero-order valence-electron chi connectivity index (χ0n) is 17.3. The first-order valence-electron chi connectivity index (χ1n) is 10.9. The quantitative estimate of drug-likeness (QED) is 0.410. The van der Waals surface area contributed by atoms with E-state index in [0.29, 0.717) is 5.65 Å². The SMILES string of the molecule is c1cc2cc(-c3cnc4ncc(-c5ccc(N6CCCCC6)cc5)nc4c3)ccc2[nH]1. The van der Waals surface area contributed by atoms with Crippen molar-refractivity contribution >= 4 is 27.8 Å². The van der Waals surface area contributed by atoms with Gasteiger partial charge in [-0.05, 0) is 66.6 Å². The van der Waals surface area contributed by atoms with E-state index < -0.39 is 0 Å². The number of hydrogen-bond donors (Lipinski definition) is 1. The molecule has 1 fully saturated rings. The van der Waals surface area contributed by atoms with Gasteiger partial charge in [0.25, 0.3) is 0 Å². The summed E-state index contributed by atoms with van der Waals surface area (Å²) >= 11 is 0. The number of pyridine rings is 1. The first-order chi connectivity index (χ1) is 15.3. The van der Waals surface area contributed by atoms with Gasteiger partial charge in [-0.25, -0.2) is 15.0 Å². The van der Waals surface area contributed by atoms with Crippen LogP contribution in [0.3, 0.4) is 0 Å². The van der Waals surface area contributed by atoms with E-state index in [0.717, 1.165) is 46.5 Å². The summed E-state index contributed by atoms with van der Waals surface area (Å²) in [6.07, 6.45) is 9.56. The molecule has 0 saturated carbocycles. The molecule has 31 heavy (non-hydrogen) atoms. The molecule has 0 spiro atoms. The fourth-order valence-corrected chi connectivity index (χ4v) is 4.43. The minimum atomic E-state index is 0.667. The monoisotopic (exact) mass is 405 g/mol. The Morgan fingerprint density at radius 1 is 0.742 bits per heavy atom. The molecule has 152 valence electrons. The van der Waals surface area contributed by atoms with Crippen molar-refractivity contribution in [2.45, 2.75) is 19.3 Å². The summed E-state index contributed by atoms with van der Waals surface area (Å²) < 4.78 is 0. The Kier molecular flexibility index (Phi) is 4.38. The van der Waals surface area contributed by atoms with Crippen molar-refractivity contribution in [3.8, 4) is 22.4 Å². The molecule has 3 aromatic heterocycles. The number of nitrogens with zero attached hydrogens (tertiary/aromatic N) is 4. The first kappa shape index (κ1) is 18.1. The predicted octanol–water partition coefficient (Wildman–Crippen LogP) is 5.83. The molecule has 6 rings (SSSR count). The average molecular weight is 406 g/mol. The fraction of sp³-hybridized carbons (Fsp3) is 0.192. The van der Waals surface area contributed by atoms with Gasteiger partial charge in [0.2, 0.25) is 0 Å². The molecule has 2 aromatic carbocycles. The highest BCUT2D eigenvalue weighted by molar-refractivity contribution is 5.87. The van der Waals surface area contributed by atoms with Crippen LogP contribution in [0.2, 0.25) is 0 Å². The lowest BCUT2D eigenvalue weighted by molar-refractivity contribution is 0.578. The highest BCUT2D eigenvalue weighted by Gasteiger charge is 2.12. The van der Waals surface area contributed by atoms with Gasteiger partial charge in [0.1, 0.15) is 5.52 Å². The van der Waals surface area contributed by atoms with Crippen molar-refractivity contribution in [3.05, 3.63) is 73.2 Å². The molecular formula is C26H23N5. The number of hydrogen-bond acceptors (Lipinski definition) is 4. The van der Waals surface area contributed by atoms with Crippen LogP contribution in [0.1, 0.15) is 19.3 Å². The van der Waals surface area contributed by atoms with Crippen LogP contribution in [0, 0.1) is 0 Å². The fourth-order valence-electron chi connectivity index (χ4n) is 4.43. The lowest BCUT2D eigenvalue weighted by atomic mass is 10.1. The third kappa shape index (κ3) is 3.42. The number of rotatable bonds is 3. The molecule has 1 saturated heterocycles. The Morgan fingerprint density at radius 3 is 2.42 bits per heavy atom. The first-order valence-corrected chi connectivity index (χ1v) is 10.9. The maximum absolute atomic E-state index is 4.88.